The number of halogens is 1. The van der Waals surface area contributed by atoms with Crippen LogP contribution in [0.1, 0.15) is 21.8 Å². The Morgan fingerprint density at radius 3 is 2.62 bits per heavy atom. The monoisotopic (exact) mass is 347 g/mol. The summed E-state index contributed by atoms with van der Waals surface area (Å²) >= 11 is 6.01. The number of carbonyl (C=O) groups is 2. The molecule has 8 heteroatoms. The zero-order valence-electron chi connectivity index (χ0n) is 13.2. The van der Waals surface area contributed by atoms with Crippen LogP contribution < -0.4 is 10.1 Å². The molecule has 1 amide bonds. The van der Waals surface area contributed by atoms with E-state index in [9.17, 15) is 14.9 Å². The third-order valence-electron chi connectivity index (χ3n) is 3.26. The number of anilines is 1. The first-order chi connectivity index (χ1) is 11.4. The highest BCUT2D eigenvalue weighted by Crippen LogP contribution is 2.31. The number of nitriles is 1. The highest BCUT2D eigenvalue weighted by Gasteiger charge is 2.31. The number of aromatic nitrogens is 1. The molecular formula is C16H14ClN3O4. The van der Waals surface area contributed by atoms with E-state index >= 15 is 0 Å². The maximum Gasteiger partial charge on any atom is 0.250 e. The second-order valence-corrected chi connectivity index (χ2v) is 5.46. The summed E-state index contributed by atoms with van der Waals surface area (Å²) < 4.78 is 9.96. The number of carbonyl (C=O) groups excluding carboxylic acids is 2. The number of nitrogens with one attached hydrogen (secondary N) is 1. The molecule has 7 nitrogen and oxygen atoms in total. The van der Waals surface area contributed by atoms with E-state index in [-0.39, 0.29) is 5.76 Å². The van der Waals surface area contributed by atoms with Crippen LogP contribution in [0.3, 0.4) is 0 Å². The first-order valence-corrected chi connectivity index (χ1v) is 7.27. The van der Waals surface area contributed by atoms with E-state index in [4.69, 9.17) is 20.9 Å². The van der Waals surface area contributed by atoms with Crippen LogP contribution in [-0.2, 0) is 4.79 Å². The molecule has 2 rings (SSSR count). The Bertz CT molecular complexity index is 838. The van der Waals surface area contributed by atoms with Crippen molar-refractivity contribution < 1.29 is 18.8 Å². The third-order valence-corrected chi connectivity index (χ3v) is 3.67. The summed E-state index contributed by atoms with van der Waals surface area (Å²) in [6, 6.07) is 6.18. The van der Waals surface area contributed by atoms with Gasteiger partial charge in [0.1, 0.15) is 5.75 Å². The number of Topliss-reactive ketones (excluding diaryl/α,β-unsaturated/α-hetero) is 1. The molecule has 0 spiro atoms. The van der Waals surface area contributed by atoms with Crippen LogP contribution in [0.15, 0.2) is 22.7 Å². The van der Waals surface area contributed by atoms with Crippen LogP contribution in [0.4, 0.5) is 5.69 Å². The summed E-state index contributed by atoms with van der Waals surface area (Å²) in [7, 11) is 1.42. The molecule has 0 fully saturated rings. The number of aryl methyl sites for hydroxylation is 2. The van der Waals surface area contributed by atoms with E-state index in [1.54, 1.807) is 26.0 Å². The molecule has 0 aliphatic carbocycles. The van der Waals surface area contributed by atoms with Crippen molar-refractivity contribution >= 4 is 29.0 Å². The number of ether oxygens (including phenoxy) is 1. The number of hydrogen-bond acceptors (Lipinski definition) is 6. The number of amides is 1. The van der Waals surface area contributed by atoms with Gasteiger partial charge in [-0.15, -0.1) is 0 Å². The predicted molar refractivity (Wildman–Crippen MR) is 86.0 cm³/mol. The lowest BCUT2D eigenvalue weighted by Gasteiger charge is -2.13. The van der Waals surface area contributed by atoms with Crippen LogP contribution in [-0.4, -0.2) is 24.0 Å². The topological polar surface area (TPSA) is 105 Å². The Labute approximate surface area is 143 Å². The number of benzene rings is 1. The maximum absolute atomic E-state index is 12.3. The summed E-state index contributed by atoms with van der Waals surface area (Å²) in [5.41, 5.74) is 1.50. The number of rotatable bonds is 5. The molecule has 24 heavy (non-hydrogen) atoms. The Kier molecular flexibility index (Phi) is 5.21. The van der Waals surface area contributed by atoms with E-state index in [1.807, 2.05) is 0 Å². The molecule has 0 saturated carbocycles. The van der Waals surface area contributed by atoms with Gasteiger partial charge in [-0.3, -0.25) is 9.59 Å². The van der Waals surface area contributed by atoms with Gasteiger partial charge in [0.05, 0.1) is 24.6 Å². The zero-order valence-corrected chi connectivity index (χ0v) is 14.0. The van der Waals surface area contributed by atoms with Gasteiger partial charge in [0, 0.05) is 17.2 Å². The average molecular weight is 348 g/mol. The smallest absolute Gasteiger partial charge is 0.250 e. The van der Waals surface area contributed by atoms with Crippen molar-refractivity contribution in [1.82, 2.24) is 5.16 Å². The Morgan fingerprint density at radius 2 is 2.08 bits per heavy atom. The molecule has 2 aromatic rings. The number of hydrogen-bond donors (Lipinski definition) is 1. The molecule has 0 aliphatic heterocycles. The fourth-order valence-electron chi connectivity index (χ4n) is 1.99. The third kappa shape index (κ3) is 3.55. The van der Waals surface area contributed by atoms with Crippen LogP contribution in [0.25, 0.3) is 0 Å². The van der Waals surface area contributed by atoms with Gasteiger partial charge in [-0.2, -0.15) is 5.26 Å². The predicted octanol–water partition coefficient (Wildman–Crippen LogP) is 2.91. The highest BCUT2D eigenvalue weighted by atomic mass is 35.5. The molecule has 0 bridgehead atoms. The second-order valence-electron chi connectivity index (χ2n) is 5.05. The molecule has 1 heterocycles. The minimum Gasteiger partial charge on any atom is -0.495 e. The average Bonchev–Trinajstić information content (AvgIpc) is 2.97. The molecule has 1 aromatic carbocycles. The molecule has 1 N–H and O–H groups in total. The lowest BCUT2D eigenvalue weighted by atomic mass is 10.0. The van der Waals surface area contributed by atoms with Crippen LogP contribution in [0.5, 0.6) is 5.75 Å². The largest absolute Gasteiger partial charge is 0.495 e. The maximum atomic E-state index is 12.3. The lowest BCUT2D eigenvalue weighted by molar-refractivity contribution is -0.117. The van der Waals surface area contributed by atoms with E-state index in [2.05, 4.69) is 10.5 Å². The first kappa shape index (κ1) is 17.5. The van der Waals surface area contributed by atoms with Crippen molar-refractivity contribution in [1.29, 1.82) is 5.26 Å². The SMILES string of the molecule is COc1cc(Cl)c(C)cc1NC(=O)C(C#N)C(=O)c1cc(C)no1. The van der Waals surface area contributed by atoms with Crippen LogP contribution in [0, 0.1) is 31.1 Å². The number of methoxy groups -OCH3 is 1. The summed E-state index contributed by atoms with van der Waals surface area (Å²) in [4.78, 5) is 24.6. The molecule has 1 unspecified atom stereocenters. The van der Waals surface area contributed by atoms with Gasteiger partial charge < -0.3 is 14.6 Å². The normalized spacial score (nSPS) is 11.5. The minimum absolute atomic E-state index is 0.145. The fraction of sp³-hybridized carbons (Fsp3) is 0.250. The molecule has 1 atom stereocenters. The summed E-state index contributed by atoms with van der Waals surface area (Å²) in [6.45, 7) is 3.38. The van der Waals surface area contributed by atoms with Crippen molar-refractivity contribution in [2.75, 3.05) is 12.4 Å². The Hall–Kier alpha value is -2.85. The minimum atomic E-state index is -1.57. The zero-order chi connectivity index (χ0) is 17.9. The molecular weight excluding hydrogens is 334 g/mol. The van der Waals surface area contributed by atoms with Gasteiger partial charge in [-0.25, -0.2) is 0 Å². The van der Waals surface area contributed by atoms with Gasteiger partial charge in [-0.05, 0) is 25.5 Å². The number of nitrogens with zero attached hydrogens (tertiary/aromatic N) is 2. The van der Waals surface area contributed by atoms with E-state index in [0.717, 1.165) is 0 Å². The molecule has 0 saturated heterocycles. The van der Waals surface area contributed by atoms with Crippen LogP contribution >= 0.6 is 11.6 Å². The standard InChI is InChI=1S/C16H14ClN3O4/c1-8-4-12(13(23-3)6-11(8)17)19-16(22)10(7-18)15(21)14-5-9(2)20-24-14/h4-6,10H,1-3H3,(H,19,22). The Morgan fingerprint density at radius 1 is 1.38 bits per heavy atom. The summed E-state index contributed by atoms with van der Waals surface area (Å²) in [5, 5.41) is 15.7. The van der Waals surface area contributed by atoms with Crippen LogP contribution in [0.2, 0.25) is 5.02 Å². The van der Waals surface area contributed by atoms with Crippen molar-refractivity contribution in [3.05, 3.63) is 40.2 Å². The molecule has 124 valence electrons. The van der Waals surface area contributed by atoms with E-state index < -0.39 is 17.6 Å². The highest BCUT2D eigenvalue weighted by molar-refractivity contribution is 6.31. The fourth-order valence-corrected chi connectivity index (χ4v) is 2.15. The summed E-state index contributed by atoms with van der Waals surface area (Å²) in [6.07, 6.45) is 0. The lowest BCUT2D eigenvalue weighted by Crippen LogP contribution is -2.28. The van der Waals surface area contributed by atoms with Gasteiger partial charge in [-0.1, -0.05) is 16.8 Å². The van der Waals surface area contributed by atoms with Gasteiger partial charge in [0.15, 0.2) is 5.92 Å². The quantitative estimate of drug-likeness (QED) is 0.658. The van der Waals surface area contributed by atoms with E-state index in [0.29, 0.717) is 27.7 Å². The summed E-state index contributed by atoms with van der Waals surface area (Å²) in [5.74, 6) is -2.96. The van der Waals surface area contributed by atoms with Gasteiger partial charge in [0.25, 0.3) is 0 Å². The molecule has 1 aromatic heterocycles. The molecule has 0 aliphatic rings. The number of ketones is 1. The van der Waals surface area contributed by atoms with Crippen molar-refractivity contribution in [2.45, 2.75) is 13.8 Å². The van der Waals surface area contributed by atoms with Gasteiger partial charge >= 0.3 is 0 Å². The first-order valence-electron chi connectivity index (χ1n) is 6.89. The van der Waals surface area contributed by atoms with Crippen molar-refractivity contribution in [3.63, 3.8) is 0 Å². The molecule has 0 radical (unpaired) electrons. The second kappa shape index (κ2) is 7.15. The van der Waals surface area contributed by atoms with Crippen molar-refractivity contribution in [2.24, 2.45) is 5.92 Å². The van der Waals surface area contributed by atoms with Gasteiger partial charge in [0.2, 0.25) is 17.5 Å². The van der Waals surface area contributed by atoms with Crippen molar-refractivity contribution in [3.8, 4) is 11.8 Å². The Balaban J connectivity index is 2.26. The van der Waals surface area contributed by atoms with E-state index in [1.165, 1.54) is 19.2 Å².